The second-order valence-corrected chi connectivity index (χ2v) is 4.07. The molecule has 19 heavy (non-hydrogen) atoms. The Balaban J connectivity index is 3.00. The standard InChI is InChI=1S/C11H15N3O5/c1-3-4-13-6-8(14(18)19)5-9(13)10(15)12-7(2)11(16)17/h5-7H,3-4H2,1-2H3,(H,12,15)(H,16,17). The number of carbonyl (C=O) groups excluding carboxylic acids is 1. The fourth-order valence-electron chi connectivity index (χ4n) is 1.54. The van der Waals surface area contributed by atoms with E-state index in [1.165, 1.54) is 17.7 Å². The first-order chi connectivity index (χ1) is 8.86. The third-order valence-electron chi connectivity index (χ3n) is 2.51. The second-order valence-electron chi connectivity index (χ2n) is 4.07. The fraction of sp³-hybridized carbons (Fsp3) is 0.455. The van der Waals surface area contributed by atoms with Gasteiger partial charge in [0.25, 0.3) is 11.6 Å². The molecule has 0 spiro atoms. The van der Waals surface area contributed by atoms with E-state index in [1.807, 2.05) is 6.92 Å². The van der Waals surface area contributed by atoms with Crippen molar-refractivity contribution in [3.8, 4) is 0 Å². The first kappa shape index (κ1) is 14.7. The highest BCUT2D eigenvalue weighted by Crippen LogP contribution is 2.17. The summed E-state index contributed by atoms with van der Waals surface area (Å²) in [6, 6.07) is 0.0797. The number of nitrogens with one attached hydrogen (secondary N) is 1. The van der Waals surface area contributed by atoms with E-state index in [0.717, 1.165) is 6.07 Å². The Labute approximate surface area is 109 Å². The number of aliphatic carboxylic acids is 1. The average Bonchev–Trinajstić information content (AvgIpc) is 2.73. The third-order valence-corrected chi connectivity index (χ3v) is 2.51. The average molecular weight is 269 g/mol. The van der Waals surface area contributed by atoms with E-state index >= 15 is 0 Å². The Morgan fingerprint density at radius 2 is 2.21 bits per heavy atom. The lowest BCUT2D eigenvalue weighted by Crippen LogP contribution is -2.39. The third kappa shape index (κ3) is 3.54. The lowest BCUT2D eigenvalue weighted by atomic mass is 10.3. The summed E-state index contributed by atoms with van der Waals surface area (Å²) >= 11 is 0. The van der Waals surface area contributed by atoms with E-state index in [9.17, 15) is 19.7 Å². The van der Waals surface area contributed by atoms with Gasteiger partial charge >= 0.3 is 5.97 Å². The maximum absolute atomic E-state index is 11.9. The zero-order valence-electron chi connectivity index (χ0n) is 10.6. The monoisotopic (exact) mass is 269 g/mol. The highest BCUT2D eigenvalue weighted by Gasteiger charge is 2.22. The molecular weight excluding hydrogens is 254 g/mol. The Kier molecular flexibility index (Phi) is 4.62. The molecule has 1 unspecified atom stereocenters. The van der Waals surface area contributed by atoms with Crippen molar-refractivity contribution in [1.82, 2.24) is 9.88 Å². The molecule has 1 aromatic rings. The minimum atomic E-state index is -1.17. The summed E-state index contributed by atoms with van der Waals surface area (Å²) in [5, 5.41) is 21.7. The van der Waals surface area contributed by atoms with E-state index < -0.39 is 22.8 Å². The summed E-state index contributed by atoms with van der Waals surface area (Å²) in [5.74, 6) is -1.81. The number of amides is 1. The van der Waals surface area contributed by atoms with Crippen molar-refractivity contribution < 1.29 is 19.6 Å². The number of nitro groups is 1. The molecule has 0 radical (unpaired) electrons. The Bertz CT molecular complexity index is 508. The number of aromatic nitrogens is 1. The van der Waals surface area contributed by atoms with Gasteiger partial charge in [0.2, 0.25) is 0 Å². The van der Waals surface area contributed by atoms with Gasteiger partial charge in [-0.25, -0.2) is 0 Å². The van der Waals surface area contributed by atoms with Gasteiger partial charge in [-0.05, 0) is 13.3 Å². The summed E-state index contributed by atoms with van der Waals surface area (Å²) in [5.41, 5.74) is -0.108. The number of carbonyl (C=O) groups is 2. The maximum atomic E-state index is 11.9. The van der Waals surface area contributed by atoms with Crippen LogP contribution < -0.4 is 5.32 Å². The zero-order chi connectivity index (χ0) is 14.6. The van der Waals surface area contributed by atoms with E-state index in [2.05, 4.69) is 5.32 Å². The van der Waals surface area contributed by atoms with Crippen LogP contribution in [-0.4, -0.2) is 32.5 Å². The second kappa shape index (κ2) is 5.98. The molecule has 0 aliphatic carbocycles. The summed E-state index contributed by atoms with van der Waals surface area (Å²) < 4.78 is 1.45. The van der Waals surface area contributed by atoms with Crippen molar-refractivity contribution in [1.29, 1.82) is 0 Å². The first-order valence-electron chi connectivity index (χ1n) is 5.75. The van der Waals surface area contributed by atoms with Gasteiger partial charge in [-0.3, -0.25) is 19.7 Å². The molecule has 0 saturated heterocycles. The van der Waals surface area contributed by atoms with Crippen LogP contribution in [0.5, 0.6) is 0 Å². The molecule has 1 rings (SSSR count). The molecule has 0 aromatic carbocycles. The van der Waals surface area contributed by atoms with Crippen LogP contribution in [0.1, 0.15) is 30.8 Å². The molecule has 0 aliphatic rings. The van der Waals surface area contributed by atoms with Crippen molar-refractivity contribution in [3.63, 3.8) is 0 Å². The lowest BCUT2D eigenvalue weighted by Gasteiger charge is -2.10. The van der Waals surface area contributed by atoms with Gasteiger partial charge in [-0.1, -0.05) is 6.92 Å². The molecule has 0 bridgehead atoms. The van der Waals surface area contributed by atoms with Crippen LogP contribution in [0.25, 0.3) is 0 Å². The highest BCUT2D eigenvalue weighted by atomic mass is 16.6. The molecule has 1 amide bonds. The minimum absolute atomic E-state index is 0.0849. The van der Waals surface area contributed by atoms with Gasteiger partial charge in [0, 0.05) is 12.6 Å². The Morgan fingerprint density at radius 1 is 1.58 bits per heavy atom. The van der Waals surface area contributed by atoms with Crippen molar-refractivity contribution in [3.05, 3.63) is 28.1 Å². The van der Waals surface area contributed by atoms with Crippen LogP contribution in [-0.2, 0) is 11.3 Å². The van der Waals surface area contributed by atoms with Gasteiger partial charge in [0.15, 0.2) is 0 Å². The van der Waals surface area contributed by atoms with Crippen LogP contribution >= 0.6 is 0 Å². The number of carboxylic acids is 1. The molecular formula is C11H15N3O5. The molecule has 1 heterocycles. The predicted octanol–water partition coefficient (Wildman–Crippen LogP) is 1.01. The minimum Gasteiger partial charge on any atom is -0.480 e. The van der Waals surface area contributed by atoms with Gasteiger partial charge in [-0.15, -0.1) is 0 Å². The van der Waals surface area contributed by atoms with Crippen molar-refractivity contribution in [2.75, 3.05) is 0 Å². The van der Waals surface area contributed by atoms with Gasteiger partial charge in [-0.2, -0.15) is 0 Å². The fourth-order valence-corrected chi connectivity index (χ4v) is 1.54. The zero-order valence-corrected chi connectivity index (χ0v) is 10.6. The van der Waals surface area contributed by atoms with Crippen LogP contribution in [0.3, 0.4) is 0 Å². The molecule has 2 N–H and O–H groups in total. The number of hydrogen-bond donors (Lipinski definition) is 2. The molecule has 0 fully saturated rings. The SMILES string of the molecule is CCCn1cc([N+](=O)[O-])cc1C(=O)NC(C)C(=O)O. The van der Waals surface area contributed by atoms with Gasteiger partial charge < -0.3 is 15.0 Å². The largest absolute Gasteiger partial charge is 0.480 e. The summed E-state index contributed by atoms with van der Waals surface area (Å²) in [6.45, 7) is 3.63. The molecule has 1 aromatic heterocycles. The van der Waals surface area contributed by atoms with Gasteiger partial charge in [0.05, 0.1) is 11.1 Å². The van der Waals surface area contributed by atoms with Crippen LogP contribution in [0.15, 0.2) is 12.3 Å². The molecule has 0 aliphatic heterocycles. The Morgan fingerprint density at radius 3 is 2.68 bits per heavy atom. The molecule has 104 valence electrons. The number of hydrogen-bond acceptors (Lipinski definition) is 4. The summed E-state index contributed by atoms with van der Waals surface area (Å²) in [7, 11) is 0. The highest BCUT2D eigenvalue weighted by molar-refractivity contribution is 5.95. The lowest BCUT2D eigenvalue weighted by molar-refractivity contribution is -0.384. The van der Waals surface area contributed by atoms with E-state index in [0.29, 0.717) is 13.0 Å². The Hall–Kier alpha value is -2.38. The van der Waals surface area contributed by atoms with Crippen LogP contribution in [0.2, 0.25) is 0 Å². The summed E-state index contributed by atoms with van der Waals surface area (Å²) in [4.78, 5) is 32.6. The predicted molar refractivity (Wildman–Crippen MR) is 65.9 cm³/mol. The topological polar surface area (TPSA) is 114 Å². The summed E-state index contributed by atoms with van der Waals surface area (Å²) in [6.07, 6.45) is 1.96. The van der Waals surface area contributed by atoms with Gasteiger partial charge in [0.1, 0.15) is 11.7 Å². The van der Waals surface area contributed by atoms with Crippen molar-refractivity contribution in [2.24, 2.45) is 0 Å². The number of carboxylic acid groups (broad SMARTS) is 1. The van der Waals surface area contributed by atoms with Crippen molar-refractivity contribution in [2.45, 2.75) is 32.9 Å². The van der Waals surface area contributed by atoms with Crippen LogP contribution in [0, 0.1) is 10.1 Å². The van der Waals surface area contributed by atoms with E-state index in [-0.39, 0.29) is 11.4 Å². The smallest absolute Gasteiger partial charge is 0.325 e. The molecule has 1 atom stereocenters. The molecule has 8 heteroatoms. The number of rotatable bonds is 6. The quantitative estimate of drug-likeness (QED) is 0.590. The van der Waals surface area contributed by atoms with Crippen molar-refractivity contribution >= 4 is 17.6 Å². The van der Waals surface area contributed by atoms with E-state index in [4.69, 9.17) is 5.11 Å². The first-order valence-corrected chi connectivity index (χ1v) is 5.75. The normalized spacial score (nSPS) is 11.9. The number of nitrogens with zero attached hydrogens (tertiary/aromatic N) is 2. The maximum Gasteiger partial charge on any atom is 0.325 e. The molecule has 0 saturated carbocycles. The molecule has 8 nitrogen and oxygen atoms in total. The number of aryl methyl sites for hydroxylation is 1. The van der Waals surface area contributed by atoms with Crippen LogP contribution in [0.4, 0.5) is 5.69 Å². The van der Waals surface area contributed by atoms with E-state index in [1.54, 1.807) is 0 Å².